The van der Waals surface area contributed by atoms with Crippen molar-refractivity contribution in [2.24, 2.45) is 0 Å². The summed E-state index contributed by atoms with van der Waals surface area (Å²) in [5.74, 6) is 0.669. The van der Waals surface area contributed by atoms with Crippen LogP contribution < -0.4 is 10.4 Å². The maximum absolute atomic E-state index is 11.8. The van der Waals surface area contributed by atoms with Crippen molar-refractivity contribution in [3.8, 4) is 5.75 Å². The van der Waals surface area contributed by atoms with Crippen molar-refractivity contribution in [3.05, 3.63) is 39.7 Å². The molecule has 0 fully saturated rings. The Morgan fingerprint density at radius 3 is 2.41 bits per heavy atom. The third kappa shape index (κ3) is 3.86. The van der Waals surface area contributed by atoms with Crippen LogP contribution in [0.15, 0.2) is 27.4 Å². The molecule has 0 amide bonds. The minimum atomic E-state index is -1.06. The molecular formula is C16H21O5P. The Bertz CT molecular complexity index is 689. The Hall–Kier alpha value is -1.42. The molecule has 0 aliphatic heterocycles. The van der Waals surface area contributed by atoms with Crippen molar-refractivity contribution in [1.29, 1.82) is 0 Å². The second-order valence-corrected chi connectivity index (χ2v) is 6.23. The summed E-state index contributed by atoms with van der Waals surface area (Å²) < 4.78 is 21.8. The van der Waals surface area contributed by atoms with Crippen LogP contribution in [0.3, 0.4) is 0 Å². The van der Waals surface area contributed by atoms with Gasteiger partial charge < -0.3 is 18.2 Å². The number of benzene rings is 1. The zero-order chi connectivity index (χ0) is 16.1. The van der Waals surface area contributed by atoms with Crippen LogP contribution in [0.2, 0.25) is 0 Å². The third-order valence-corrected chi connectivity index (χ3v) is 4.87. The fraction of sp³-hybridized carbons (Fsp3) is 0.438. The molecule has 2 aromatic rings. The highest BCUT2D eigenvalue weighted by Gasteiger charge is 2.16. The number of ether oxygens (including phenoxy) is 1. The van der Waals surface area contributed by atoms with E-state index in [-0.39, 0.29) is 5.63 Å². The van der Waals surface area contributed by atoms with E-state index < -0.39 is 8.38 Å². The Kier molecular flexibility index (Phi) is 5.95. The quantitative estimate of drug-likeness (QED) is 0.569. The molecule has 0 unspecified atom stereocenters. The Labute approximate surface area is 131 Å². The first-order valence-corrected chi connectivity index (χ1v) is 8.60. The minimum Gasteiger partial charge on any atom is -0.497 e. The van der Waals surface area contributed by atoms with Gasteiger partial charge in [-0.1, -0.05) is 0 Å². The van der Waals surface area contributed by atoms with Gasteiger partial charge in [0.25, 0.3) is 0 Å². The van der Waals surface area contributed by atoms with Crippen LogP contribution >= 0.6 is 8.38 Å². The van der Waals surface area contributed by atoms with Crippen molar-refractivity contribution >= 4 is 19.3 Å². The van der Waals surface area contributed by atoms with Gasteiger partial charge in [-0.05, 0) is 38.0 Å². The second-order valence-electron chi connectivity index (χ2n) is 4.73. The van der Waals surface area contributed by atoms with Crippen molar-refractivity contribution in [2.45, 2.75) is 26.9 Å². The minimum absolute atomic E-state index is 0.377. The molecular weight excluding hydrogens is 303 g/mol. The van der Waals surface area contributed by atoms with Gasteiger partial charge in [0.2, 0.25) is 0 Å². The Morgan fingerprint density at radius 1 is 1.14 bits per heavy atom. The van der Waals surface area contributed by atoms with Crippen molar-refractivity contribution < 1.29 is 18.2 Å². The van der Waals surface area contributed by atoms with Gasteiger partial charge in [-0.2, -0.15) is 0 Å². The molecule has 0 aliphatic carbocycles. The van der Waals surface area contributed by atoms with E-state index in [0.717, 1.165) is 16.5 Å². The number of fused-ring (bicyclic) bond motifs is 1. The molecule has 1 aromatic heterocycles. The van der Waals surface area contributed by atoms with E-state index in [2.05, 4.69) is 0 Å². The predicted octanol–water partition coefficient (Wildman–Crippen LogP) is 3.99. The molecule has 0 radical (unpaired) electrons. The SMILES string of the molecule is CCOP(Cc1cc(=O)oc2cc(OC)cc(C)c12)OCC. The van der Waals surface area contributed by atoms with E-state index in [9.17, 15) is 4.79 Å². The van der Waals surface area contributed by atoms with Gasteiger partial charge in [-0.3, -0.25) is 0 Å². The van der Waals surface area contributed by atoms with E-state index in [1.807, 2.05) is 26.8 Å². The topological polar surface area (TPSA) is 57.9 Å². The van der Waals surface area contributed by atoms with Crippen LogP contribution in [0.1, 0.15) is 25.0 Å². The molecule has 5 nitrogen and oxygen atoms in total. The van der Waals surface area contributed by atoms with Crippen molar-refractivity contribution in [3.63, 3.8) is 0 Å². The average Bonchev–Trinajstić information content (AvgIpc) is 2.46. The zero-order valence-corrected chi connectivity index (χ0v) is 14.2. The number of hydrogen-bond acceptors (Lipinski definition) is 5. The first-order chi connectivity index (χ1) is 10.6. The van der Waals surface area contributed by atoms with Crippen LogP contribution in [0.25, 0.3) is 11.0 Å². The molecule has 0 bridgehead atoms. The maximum Gasteiger partial charge on any atom is 0.336 e. The van der Waals surface area contributed by atoms with Gasteiger partial charge in [0, 0.05) is 23.7 Å². The Morgan fingerprint density at radius 2 is 1.82 bits per heavy atom. The van der Waals surface area contributed by atoms with Gasteiger partial charge in [-0.25, -0.2) is 4.79 Å². The van der Waals surface area contributed by atoms with E-state index >= 15 is 0 Å². The highest BCUT2D eigenvalue weighted by molar-refractivity contribution is 7.46. The highest BCUT2D eigenvalue weighted by atomic mass is 31.2. The summed E-state index contributed by atoms with van der Waals surface area (Å²) >= 11 is 0. The molecule has 120 valence electrons. The summed E-state index contributed by atoms with van der Waals surface area (Å²) in [6, 6.07) is 5.18. The second kappa shape index (κ2) is 7.73. The fourth-order valence-electron chi connectivity index (χ4n) is 2.37. The molecule has 1 aromatic carbocycles. The fourth-order valence-corrected chi connectivity index (χ4v) is 3.73. The van der Waals surface area contributed by atoms with Gasteiger partial charge >= 0.3 is 5.63 Å². The summed E-state index contributed by atoms with van der Waals surface area (Å²) in [6.07, 6.45) is 0.562. The summed E-state index contributed by atoms with van der Waals surface area (Å²) in [6.45, 7) is 7.00. The largest absolute Gasteiger partial charge is 0.497 e. The van der Waals surface area contributed by atoms with E-state index in [1.165, 1.54) is 6.07 Å². The summed E-state index contributed by atoms with van der Waals surface area (Å²) in [4.78, 5) is 11.8. The zero-order valence-electron chi connectivity index (χ0n) is 13.3. The molecule has 0 atom stereocenters. The smallest absolute Gasteiger partial charge is 0.336 e. The number of hydrogen-bond donors (Lipinski definition) is 0. The standard InChI is InChI=1S/C16H21O5P/c1-5-19-22(20-6-2)10-12-8-15(17)21-14-9-13(18-4)7-11(3)16(12)14/h7-9H,5-6,10H2,1-4H3. The van der Waals surface area contributed by atoms with Crippen LogP contribution in [0.4, 0.5) is 0 Å². The molecule has 2 rings (SSSR count). The normalized spacial score (nSPS) is 11.3. The van der Waals surface area contributed by atoms with Crippen molar-refractivity contribution in [1.82, 2.24) is 0 Å². The lowest BCUT2D eigenvalue weighted by molar-refractivity contribution is 0.268. The van der Waals surface area contributed by atoms with Gasteiger partial charge in [0.1, 0.15) is 11.3 Å². The molecule has 0 saturated carbocycles. The van der Waals surface area contributed by atoms with Crippen molar-refractivity contribution in [2.75, 3.05) is 20.3 Å². The maximum atomic E-state index is 11.8. The first kappa shape index (κ1) is 16.9. The van der Waals surface area contributed by atoms with E-state index in [0.29, 0.717) is 30.7 Å². The lowest BCUT2D eigenvalue weighted by Gasteiger charge is -2.17. The highest BCUT2D eigenvalue weighted by Crippen LogP contribution is 2.43. The summed E-state index contributed by atoms with van der Waals surface area (Å²) in [5, 5.41) is 0.923. The molecule has 0 aliphatic rings. The van der Waals surface area contributed by atoms with Gasteiger partial charge in [0.15, 0.2) is 8.38 Å². The average molecular weight is 324 g/mol. The summed E-state index contributed by atoms with van der Waals surface area (Å²) in [7, 11) is 0.531. The lowest BCUT2D eigenvalue weighted by Crippen LogP contribution is -2.03. The first-order valence-electron chi connectivity index (χ1n) is 7.23. The summed E-state index contributed by atoms with van der Waals surface area (Å²) in [5.41, 5.74) is 2.04. The molecule has 6 heteroatoms. The molecule has 0 N–H and O–H groups in total. The predicted molar refractivity (Wildman–Crippen MR) is 87.6 cm³/mol. The number of methoxy groups -OCH3 is 1. The molecule has 22 heavy (non-hydrogen) atoms. The van der Waals surface area contributed by atoms with Crippen LogP contribution in [-0.4, -0.2) is 20.3 Å². The molecule has 0 spiro atoms. The third-order valence-electron chi connectivity index (χ3n) is 3.18. The number of rotatable bonds is 7. The molecule has 1 heterocycles. The van der Waals surface area contributed by atoms with Gasteiger partial charge in [0.05, 0.1) is 20.3 Å². The van der Waals surface area contributed by atoms with Crippen LogP contribution in [0.5, 0.6) is 5.75 Å². The van der Waals surface area contributed by atoms with Gasteiger partial charge in [-0.15, -0.1) is 0 Å². The lowest BCUT2D eigenvalue weighted by atomic mass is 10.1. The van der Waals surface area contributed by atoms with Crippen LogP contribution in [-0.2, 0) is 15.2 Å². The van der Waals surface area contributed by atoms with Crippen LogP contribution in [0, 0.1) is 6.92 Å². The number of aryl methyl sites for hydroxylation is 1. The Balaban J connectivity index is 2.50. The molecule has 0 saturated heterocycles. The van der Waals surface area contributed by atoms with E-state index in [4.69, 9.17) is 18.2 Å². The monoisotopic (exact) mass is 324 g/mol. The van der Waals surface area contributed by atoms with E-state index in [1.54, 1.807) is 13.2 Å².